The van der Waals surface area contributed by atoms with Crippen LogP contribution in [0.4, 0.5) is 5.69 Å². The van der Waals surface area contributed by atoms with Gasteiger partial charge in [0.05, 0.1) is 0 Å². The SMILES string of the molecule is Cn1c(C(=O)N2C[C@@H]3C[C@@H](C2)c2ccc(N([O-])O)c(=O)n2C3)cc2ccccc21. The van der Waals surface area contributed by atoms with Gasteiger partial charge in [0.2, 0.25) is 0 Å². The number of carbonyl (C=O) groups is 1. The molecule has 2 aromatic heterocycles. The van der Waals surface area contributed by atoms with E-state index >= 15 is 0 Å². The van der Waals surface area contributed by atoms with E-state index in [9.17, 15) is 14.8 Å². The van der Waals surface area contributed by atoms with E-state index < -0.39 is 5.56 Å². The Morgan fingerprint density at radius 2 is 1.97 bits per heavy atom. The summed E-state index contributed by atoms with van der Waals surface area (Å²) >= 11 is 0. The van der Waals surface area contributed by atoms with Gasteiger partial charge in [0.15, 0.2) is 0 Å². The summed E-state index contributed by atoms with van der Waals surface area (Å²) in [7, 11) is 1.90. The number of para-hydroxylation sites is 1. The lowest BCUT2D eigenvalue weighted by atomic mass is 9.83. The number of anilines is 1. The first-order chi connectivity index (χ1) is 13.9. The van der Waals surface area contributed by atoms with Crippen LogP contribution in [-0.2, 0) is 13.6 Å². The molecule has 1 amide bonds. The van der Waals surface area contributed by atoms with Gasteiger partial charge >= 0.3 is 0 Å². The molecule has 2 aliphatic rings. The Balaban J connectivity index is 1.47. The maximum Gasteiger partial charge on any atom is 0.275 e. The van der Waals surface area contributed by atoms with Gasteiger partial charge in [-0.05, 0) is 36.6 Å². The van der Waals surface area contributed by atoms with Gasteiger partial charge in [0.1, 0.15) is 11.4 Å². The molecule has 2 bridgehead atoms. The van der Waals surface area contributed by atoms with Gasteiger partial charge in [-0.15, -0.1) is 0 Å². The fourth-order valence-corrected chi connectivity index (χ4v) is 4.90. The molecule has 2 aliphatic heterocycles. The molecule has 0 unspecified atom stereocenters. The minimum absolute atomic E-state index is 0.00749. The third-order valence-corrected chi connectivity index (χ3v) is 6.25. The van der Waals surface area contributed by atoms with Crippen molar-refractivity contribution in [2.75, 3.05) is 18.3 Å². The van der Waals surface area contributed by atoms with Crippen molar-refractivity contribution in [3.05, 3.63) is 69.4 Å². The molecule has 4 heterocycles. The number of aryl methyl sites for hydroxylation is 1. The van der Waals surface area contributed by atoms with E-state index in [2.05, 4.69) is 0 Å². The van der Waals surface area contributed by atoms with E-state index in [1.165, 1.54) is 6.07 Å². The molecule has 8 heteroatoms. The Kier molecular flexibility index (Phi) is 4.01. The van der Waals surface area contributed by atoms with Crippen molar-refractivity contribution in [1.82, 2.24) is 14.0 Å². The quantitative estimate of drug-likeness (QED) is 0.674. The Labute approximate surface area is 166 Å². The lowest BCUT2D eigenvalue weighted by Gasteiger charge is -2.43. The van der Waals surface area contributed by atoms with Gasteiger partial charge in [-0.25, -0.2) is 0 Å². The van der Waals surface area contributed by atoms with Gasteiger partial charge in [-0.1, -0.05) is 18.2 Å². The zero-order valence-electron chi connectivity index (χ0n) is 16.0. The van der Waals surface area contributed by atoms with Gasteiger partial charge < -0.3 is 24.5 Å². The third-order valence-electron chi connectivity index (χ3n) is 6.25. The largest absolute Gasteiger partial charge is 0.733 e. The molecular weight excluding hydrogens is 372 g/mol. The normalized spacial score (nSPS) is 20.6. The monoisotopic (exact) mass is 393 g/mol. The Morgan fingerprint density at radius 3 is 2.72 bits per heavy atom. The van der Waals surface area contributed by atoms with Crippen LogP contribution in [0.15, 0.2) is 47.3 Å². The second-order valence-electron chi connectivity index (χ2n) is 7.99. The molecule has 3 aromatic rings. The molecule has 0 aliphatic carbocycles. The number of hydrogen-bond acceptors (Lipinski definition) is 5. The molecule has 0 radical (unpaired) electrons. The number of likely N-dealkylation sites (tertiary alicyclic amines) is 1. The van der Waals surface area contributed by atoms with Crippen LogP contribution in [-0.4, -0.2) is 38.2 Å². The first kappa shape index (κ1) is 18.0. The van der Waals surface area contributed by atoms with E-state index in [0.29, 0.717) is 25.3 Å². The molecule has 8 nitrogen and oxygen atoms in total. The van der Waals surface area contributed by atoms with Gasteiger partial charge in [-0.2, -0.15) is 0 Å². The van der Waals surface area contributed by atoms with Crippen LogP contribution in [0, 0.1) is 11.1 Å². The predicted octanol–water partition coefficient (Wildman–Crippen LogP) is 2.29. The topological polar surface area (TPSA) is 93.8 Å². The maximum atomic E-state index is 13.3. The highest BCUT2D eigenvalue weighted by Crippen LogP contribution is 2.36. The second-order valence-corrected chi connectivity index (χ2v) is 7.99. The van der Waals surface area contributed by atoms with E-state index in [1.54, 1.807) is 10.6 Å². The molecule has 0 saturated carbocycles. The van der Waals surface area contributed by atoms with Crippen LogP contribution in [0.1, 0.15) is 28.5 Å². The van der Waals surface area contributed by atoms with Crippen molar-refractivity contribution < 1.29 is 10.0 Å². The summed E-state index contributed by atoms with van der Waals surface area (Å²) in [4.78, 5) is 27.7. The second kappa shape index (κ2) is 6.47. The Hall–Kier alpha value is -3.10. The molecule has 2 atom stereocenters. The van der Waals surface area contributed by atoms with E-state index in [4.69, 9.17) is 5.21 Å². The lowest BCUT2D eigenvalue weighted by Crippen LogP contribution is -2.49. The summed E-state index contributed by atoms with van der Waals surface area (Å²) in [6.07, 6.45) is 0.901. The highest BCUT2D eigenvalue weighted by Gasteiger charge is 2.37. The van der Waals surface area contributed by atoms with Gasteiger partial charge in [0.25, 0.3) is 11.5 Å². The standard InChI is InChI=1S/C21H21N4O4/c1-22-16-5-3-2-4-14(16)9-19(22)20(26)23-10-13-8-15(12-23)17-6-7-18(25(28)29)21(27)24(17)11-13/h2-7,9,13,15,28H,8,10-12H2,1H3/q-1/t13-,15-/m0/s1. The van der Waals surface area contributed by atoms with Crippen molar-refractivity contribution in [2.45, 2.75) is 18.9 Å². The summed E-state index contributed by atoms with van der Waals surface area (Å²) in [5.74, 6) is 0.153. The summed E-state index contributed by atoms with van der Waals surface area (Å²) in [6.45, 7) is 1.52. The number of pyridine rings is 1. The predicted molar refractivity (Wildman–Crippen MR) is 108 cm³/mol. The summed E-state index contributed by atoms with van der Waals surface area (Å²) in [5, 5.41) is 21.0. The maximum absolute atomic E-state index is 13.3. The van der Waals surface area contributed by atoms with Crippen molar-refractivity contribution in [1.29, 1.82) is 0 Å². The number of fused-ring (bicyclic) bond motifs is 5. The molecule has 5 rings (SSSR count). The highest BCUT2D eigenvalue weighted by molar-refractivity contribution is 5.98. The Bertz CT molecular complexity index is 1180. The van der Waals surface area contributed by atoms with Gasteiger partial charge in [-0.3, -0.25) is 14.8 Å². The molecule has 1 aromatic carbocycles. The van der Waals surface area contributed by atoms with Crippen LogP contribution in [0.25, 0.3) is 10.9 Å². The molecule has 29 heavy (non-hydrogen) atoms. The smallest absolute Gasteiger partial charge is 0.275 e. The van der Waals surface area contributed by atoms with E-state index in [1.807, 2.05) is 46.8 Å². The number of nitrogens with zero attached hydrogens (tertiary/aromatic N) is 4. The highest BCUT2D eigenvalue weighted by atomic mass is 16.8. The zero-order valence-corrected chi connectivity index (χ0v) is 16.0. The minimum atomic E-state index is -0.483. The number of carbonyl (C=O) groups excluding carboxylic acids is 1. The minimum Gasteiger partial charge on any atom is -0.733 e. The van der Waals surface area contributed by atoms with Crippen molar-refractivity contribution >= 4 is 22.5 Å². The molecule has 1 saturated heterocycles. The fraction of sp³-hybridized carbons (Fsp3) is 0.333. The van der Waals surface area contributed by atoms with Crippen LogP contribution in [0.5, 0.6) is 0 Å². The number of benzene rings is 1. The van der Waals surface area contributed by atoms with Crippen LogP contribution in [0.2, 0.25) is 0 Å². The van der Waals surface area contributed by atoms with Crippen molar-refractivity contribution in [3.8, 4) is 0 Å². The number of piperidine rings is 1. The third kappa shape index (κ3) is 2.75. The average Bonchev–Trinajstić information content (AvgIpc) is 3.04. The first-order valence-corrected chi connectivity index (χ1v) is 9.67. The Morgan fingerprint density at radius 1 is 1.17 bits per heavy atom. The van der Waals surface area contributed by atoms with Crippen molar-refractivity contribution in [3.63, 3.8) is 0 Å². The van der Waals surface area contributed by atoms with Crippen LogP contribution < -0.4 is 10.8 Å². The summed E-state index contributed by atoms with van der Waals surface area (Å²) < 4.78 is 3.50. The molecule has 0 spiro atoms. The number of amides is 1. The zero-order chi connectivity index (χ0) is 20.3. The first-order valence-electron chi connectivity index (χ1n) is 9.67. The van der Waals surface area contributed by atoms with E-state index in [-0.39, 0.29) is 28.7 Å². The van der Waals surface area contributed by atoms with Gasteiger partial charge in [0, 0.05) is 49.2 Å². The van der Waals surface area contributed by atoms with E-state index in [0.717, 1.165) is 23.0 Å². The molecule has 1 N–H and O–H groups in total. The molecule has 150 valence electrons. The molecule has 1 fully saturated rings. The van der Waals surface area contributed by atoms with Crippen molar-refractivity contribution in [2.24, 2.45) is 13.0 Å². The fourth-order valence-electron chi connectivity index (χ4n) is 4.90. The van der Waals surface area contributed by atoms with Crippen LogP contribution in [0.3, 0.4) is 0 Å². The number of rotatable bonds is 2. The summed E-state index contributed by atoms with van der Waals surface area (Å²) in [6, 6.07) is 12.9. The van der Waals surface area contributed by atoms with Crippen LogP contribution >= 0.6 is 0 Å². The average molecular weight is 393 g/mol. The number of hydrogen-bond donors (Lipinski definition) is 1. The molecular formula is C21H21N4O4-. The number of aromatic nitrogens is 2. The lowest BCUT2D eigenvalue weighted by molar-refractivity contribution is 0.0585. The summed E-state index contributed by atoms with van der Waals surface area (Å²) in [5.41, 5.74) is 1.72.